The molecule has 1 heteroatoms. The molecule has 4 saturated carbocycles. The fraction of sp³-hybridized carbons (Fsp3) is 0.774. The van der Waals surface area contributed by atoms with E-state index in [0.29, 0.717) is 34.0 Å². The van der Waals surface area contributed by atoms with Gasteiger partial charge in [0.05, 0.1) is 0 Å². The zero-order valence-electron chi connectivity index (χ0n) is 21.4. The zero-order chi connectivity index (χ0) is 23.2. The lowest BCUT2D eigenvalue weighted by atomic mass is 9.29. The van der Waals surface area contributed by atoms with Crippen LogP contribution in [-0.2, 0) is 4.79 Å². The van der Waals surface area contributed by atoms with Crippen molar-refractivity contribution in [2.75, 3.05) is 0 Å². The molecule has 5 aliphatic carbocycles. The summed E-state index contributed by atoms with van der Waals surface area (Å²) in [6, 6.07) is 0. The van der Waals surface area contributed by atoms with Gasteiger partial charge in [-0.1, -0.05) is 64.2 Å². The van der Waals surface area contributed by atoms with Crippen molar-refractivity contribution in [1.29, 1.82) is 0 Å². The van der Waals surface area contributed by atoms with E-state index in [1.54, 1.807) is 0 Å². The Balaban J connectivity index is 0.00000259. The van der Waals surface area contributed by atoms with E-state index >= 15 is 0 Å². The maximum Gasteiger partial charge on any atom is 0.126 e. The first-order valence-corrected chi connectivity index (χ1v) is 13.5. The quantitative estimate of drug-likeness (QED) is 0.320. The fourth-order valence-corrected chi connectivity index (χ4v) is 11.6. The van der Waals surface area contributed by atoms with Gasteiger partial charge in [-0.2, -0.15) is 0 Å². The molecule has 0 radical (unpaired) electrons. The topological polar surface area (TPSA) is 17.1 Å². The lowest BCUT2D eigenvalue weighted by Gasteiger charge is -2.75. The van der Waals surface area contributed by atoms with Crippen LogP contribution in [0.4, 0.5) is 0 Å². The molecule has 0 N–H and O–H groups in total. The molecule has 0 bridgehead atoms. The maximum absolute atomic E-state index is 12.7. The fourth-order valence-electron chi connectivity index (χ4n) is 11.6. The van der Waals surface area contributed by atoms with Gasteiger partial charge in [-0.25, -0.2) is 0 Å². The third kappa shape index (κ3) is 2.39. The average Bonchev–Trinajstić information content (AvgIpc) is 3.15. The van der Waals surface area contributed by atoms with E-state index in [1.165, 1.54) is 68.8 Å². The van der Waals surface area contributed by atoms with E-state index in [-0.39, 0.29) is 12.3 Å². The zero-order valence-corrected chi connectivity index (χ0v) is 21.4. The van der Waals surface area contributed by atoms with Gasteiger partial charge in [-0.3, -0.25) is 0 Å². The standard InChI is InChI=1S/C31H46O.H2/c1-8-31-19-18-30(20-32)17-11-23(21(2)3)26(30)29(31,7)16-13-25-27(5)14-9-10-22(4)24(27)12-15-28(25,31)6;/h9-10,20,23-26H,2,4,8,11-19H2,1,3,5-7H3;1H/t23-,24-,25+,26+,27-,28+,29+,30+,31-;/m0./s1. The minimum absolute atomic E-state index is 0. The summed E-state index contributed by atoms with van der Waals surface area (Å²) in [5.74, 6) is 2.39. The highest BCUT2D eigenvalue weighted by molar-refractivity contribution is 5.62. The Morgan fingerprint density at radius 1 is 1.09 bits per heavy atom. The number of aldehydes is 1. The predicted molar refractivity (Wildman–Crippen MR) is 136 cm³/mol. The molecule has 1 nitrogen and oxygen atoms in total. The molecule has 0 aromatic heterocycles. The first-order chi connectivity index (χ1) is 15.1. The number of allylic oxidation sites excluding steroid dienone is 4. The molecule has 0 aliphatic heterocycles. The van der Waals surface area contributed by atoms with Crippen LogP contribution in [0, 0.1) is 50.7 Å². The Hall–Kier alpha value is -1.11. The molecule has 178 valence electrons. The van der Waals surface area contributed by atoms with Crippen LogP contribution in [0.15, 0.2) is 36.5 Å². The Morgan fingerprint density at radius 2 is 1.81 bits per heavy atom. The highest BCUT2D eigenvalue weighted by Gasteiger charge is 2.74. The molecule has 0 spiro atoms. The van der Waals surface area contributed by atoms with Crippen molar-refractivity contribution < 1.29 is 6.22 Å². The number of carbonyl (C=O) groups excluding carboxylic acids is 1. The second kappa shape index (κ2) is 6.96. The molecular formula is C31H48O. The lowest BCUT2D eigenvalue weighted by molar-refractivity contribution is -0.261. The van der Waals surface area contributed by atoms with Crippen molar-refractivity contribution in [1.82, 2.24) is 0 Å². The van der Waals surface area contributed by atoms with Crippen LogP contribution in [0.3, 0.4) is 0 Å². The van der Waals surface area contributed by atoms with Crippen molar-refractivity contribution in [2.45, 2.75) is 98.8 Å². The molecule has 5 rings (SSSR count). The van der Waals surface area contributed by atoms with Crippen LogP contribution in [0.5, 0.6) is 0 Å². The summed E-state index contributed by atoms with van der Waals surface area (Å²) in [5.41, 5.74) is 3.80. The minimum Gasteiger partial charge on any atom is -0.303 e. The summed E-state index contributed by atoms with van der Waals surface area (Å²) in [4.78, 5) is 12.7. The van der Waals surface area contributed by atoms with Crippen LogP contribution in [0.25, 0.3) is 0 Å². The smallest absolute Gasteiger partial charge is 0.126 e. The lowest BCUT2D eigenvalue weighted by Crippen LogP contribution is -2.69. The second-order valence-electron chi connectivity index (χ2n) is 13.5. The van der Waals surface area contributed by atoms with Gasteiger partial charge in [0.1, 0.15) is 6.29 Å². The molecular weight excluding hydrogens is 388 g/mol. The normalized spacial score (nSPS) is 54.2. The van der Waals surface area contributed by atoms with Gasteiger partial charge in [0, 0.05) is 6.84 Å². The van der Waals surface area contributed by atoms with E-state index in [9.17, 15) is 4.79 Å². The summed E-state index contributed by atoms with van der Waals surface area (Å²) in [7, 11) is 0. The highest BCUT2D eigenvalue weighted by atomic mass is 16.1. The maximum atomic E-state index is 12.7. The molecule has 32 heavy (non-hydrogen) atoms. The number of hydrogen-bond acceptors (Lipinski definition) is 1. The number of fused-ring (bicyclic) bond motifs is 7. The van der Waals surface area contributed by atoms with Gasteiger partial charge >= 0.3 is 0 Å². The van der Waals surface area contributed by atoms with Crippen LogP contribution < -0.4 is 0 Å². The van der Waals surface area contributed by atoms with Crippen LogP contribution in [0.1, 0.15) is 100 Å². The summed E-state index contributed by atoms with van der Waals surface area (Å²) < 4.78 is 0. The van der Waals surface area contributed by atoms with Crippen LogP contribution in [-0.4, -0.2) is 6.29 Å². The van der Waals surface area contributed by atoms with Crippen molar-refractivity contribution in [3.63, 3.8) is 0 Å². The average molecular weight is 437 g/mol. The third-order valence-corrected chi connectivity index (χ3v) is 12.9. The monoisotopic (exact) mass is 436 g/mol. The van der Waals surface area contributed by atoms with E-state index < -0.39 is 0 Å². The largest absolute Gasteiger partial charge is 0.303 e. The van der Waals surface area contributed by atoms with Crippen molar-refractivity contribution in [3.8, 4) is 0 Å². The van der Waals surface area contributed by atoms with E-state index in [1.807, 2.05) is 0 Å². The van der Waals surface area contributed by atoms with Crippen LogP contribution >= 0.6 is 0 Å². The van der Waals surface area contributed by atoms with Gasteiger partial charge < -0.3 is 4.79 Å². The molecule has 0 unspecified atom stereocenters. The molecule has 5 aliphatic rings. The minimum atomic E-state index is -0.108. The van der Waals surface area contributed by atoms with Crippen molar-refractivity contribution in [3.05, 3.63) is 36.5 Å². The second-order valence-corrected chi connectivity index (χ2v) is 13.5. The first-order valence-electron chi connectivity index (χ1n) is 13.5. The highest BCUT2D eigenvalue weighted by Crippen LogP contribution is 2.81. The summed E-state index contributed by atoms with van der Waals surface area (Å²) in [6.07, 6.45) is 18.4. The number of hydrogen-bond donors (Lipinski definition) is 0. The Kier molecular flexibility index (Phi) is 4.93. The number of carbonyl (C=O) groups is 1. The van der Waals surface area contributed by atoms with E-state index in [2.05, 4.69) is 59.9 Å². The van der Waals surface area contributed by atoms with Crippen molar-refractivity contribution >= 4 is 6.29 Å². The molecule has 4 fully saturated rings. The van der Waals surface area contributed by atoms with Gasteiger partial charge in [0.15, 0.2) is 0 Å². The molecule has 9 atom stereocenters. The summed E-state index contributed by atoms with van der Waals surface area (Å²) in [5, 5.41) is 0. The SMILES string of the molecule is C=C(C)[C@@H]1CC[C@]2(C=O)CC[C@@]3(CC)[C@]4(C)CC[C@H]5C(=C)C=CC[C@]5(C)[C@H]4CC[C@]3(C)[C@@H]12.[HH]. The predicted octanol–water partition coefficient (Wildman–Crippen LogP) is 8.57. The molecule has 0 saturated heterocycles. The van der Waals surface area contributed by atoms with Gasteiger partial charge in [0.2, 0.25) is 0 Å². The molecule has 0 aromatic carbocycles. The molecule has 0 amide bonds. The van der Waals surface area contributed by atoms with Gasteiger partial charge in [-0.15, -0.1) is 0 Å². The van der Waals surface area contributed by atoms with E-state index in [4.69, 9.17) is 0 Å². The summed E-state index contributed by atoms with van der Waals surface area (Å²) >= 11 is 0. The van der Waals surface area contributed by atoms with Crippen molar-refractivity contribution in [2.24, 2.45) is 50.7 Å². The first kappa shape index (κ1) is 22.7. The Labute approximate surface area is 198 Å². The molecule has 0 heterocycles. The summed E-state index contributed by atoms with van der Waals surface area (Å²) in [6.45, 7) is 21.6. The number of rotatable bonds is 3. The van der Waals surface area contributed by atoms with Gasteiger partial charge in [0.25, 0.3) is 0 Å². The van der Waals surface area contributed by atoms with E-state index in [0.717, 1.165) is 18.8 Å². The third-order valence-electron chi connectivity index (χ3n) is 12.9. The molecule has 0 aromatic rings. The van der Waals surface area contributed by atoms with Gasteiger partial charge in [-0.05, 0) is 116 Å². The Bertz CT molecular complexity index is 887. The Morgan fingerprint density at radius 3 is 2.47 bits per heavy atom. The van der Waals surface area contributed by atoms with Crippen LogP contribution in [0.2, 0.25) is 0 Å².